The Balaban J connectivity index is 2.15. The van der Waals surface area contributed by atoms with Crippen molar-refractivity contribution in [1.82, 2.24) is 5.32 Å². The van der Waals surface area contributed by atoms with Crippen molar-refractivity contribution in [2.24, 2.45) is 0 Å². The van der Waals surface area contributed by atoms with Gasteiger partial charge in [0.25, 0.3) is 0 Å². The van der Waals surface area contributed by atoms with Crippen molar-refractivity contribution in [2.75, 3.05) is 6.54 Å². The number of hydrogen-bond acceptors (Lipinski definition) is 2. The number of benzene rings is 1. The van der Waals surface area contributed by atoms with Crippen LogP contribution in [0.2, 0.25) is 0 Å². The Hall–Kier alpha value is -1.12. The highest BCUT2D eigenvalue weighted by atomic mass is 32.1. The summed E-state index contributed by atoms with van der Waals surface area (Å²) in [4.78, 5) is 1.45. The van der Waals surface area contributed by atoms with Crippen LogP contribution in [0.15, 0.2) is 41.8 Å². The van der Waals surface area contributed by atoms with Gasteiger partial charge in [-0.05, 0) is 35.5 Å². The first-order valence-electron chi connectivity index (χ1n) is 7.18. The molecule has 0 aliphatic heterocycles. The molecule has 0 spiro atoms. The lowest BCUT2D eigenvalue weighted by atomic mass is 9.99. The van der Waals surface area contributed by atoms with Gasteiger partial charge in [-0.2, -0.15) is 0 Å². The maximum atomic E-state index is 3.61. The Kier molecular flexibility index (Phi) is 5.62. The third kappa shape index (κ3) is 4.19. The van der Waals surface area contributed by atoms with Gasteiger partial charge in [-0.25, -0.2) is 0 Å². The first-order valence-corrected chi connectivity index (χ1v) is 8.06. The SMILES string of the molecule is CCCc1cccc(C(Cc2cccs2)NCC)c1. The molecule has 2 heteroatoms. The van der Waals surface area contributed by atoms with Gasteiger partial charge in [0.2, 0.25) is 0 Å². The van der Waals surface area contributed by atoms with E-state index in [-0.39, 0.29) is 0 Å². The zero-order chi connectivity index (χ0) is 13.5. The molecule has 1 heterocycles. The molecule has 1 nitrogen and oxygen atoms in total. The Morgan fingerprint density at radius 2 is 2.05 bits per heavy atom. The number of rotatable bonds is 7. The molecule has 102 valence electrons. The standard InChI is InChI=1S/C17H23NS/c1-3-7-14-8-5-9-15(12-14)17(18-4-2)13-16-10-6-11-19-16/h5-6,8-12,17-18H,3-4,7,13H2,1-2H3. The van der Waals surface area contributed by atoms with Crippen molar-refractivity contribution in [3.05, 3.63) is 57.8 Å². The highest BCUT2D eigenvalue weighted by Crippen LogP contribution is 2.22. The lowest BCUT2D eigenvalue weighted by Gasteiger charge is -2.18. The van der Waals surface area contributed by atoms with E-state index in [4.69, 9.17) is 0 Å². The van der Waals surface area contributed by atoms with Gasteiger partial charge in [0.05, 0.1) is 0 Å². The Bertz CT molecular complexity index is 476. The highest BCUT2D eigenvalue weighted by Gasteiger charge is 2.12. The normalized spacial score (nSPS) is 12.5. The molecule has 0 bridgehead atoms. The molecule has 1 atom stereocenters. The summed E-state index contributed by atoms with van der Waals surface area (Å²) in [5, 5.41) is 5.77. The van der Waals surface area contributed by atoms with Gasteiger partial charge in [-0.1, -0.05) is 50.6 Å². The second-order valence-electron chi connectivity index (χ2n) is 4.89. The van der Waals surface area contributed by atoms with Crippen molar-refractivity contribution in [1.29, 1.82) is 0 Å². The minimum absolute atomic E-state index is 0.431. The molecule has 2 aromatic rings. The Labute approximate surface area is 120 Å². The van der Waals surface area contributed by atoms with Crippen LogP contribution in [0, 0.1) is 0 Å². The molecule has 1 N–H and O–H groups in total. The molecule has 19 heavy (non-hydrogen) atoms. The van der Waals surface area contributed by atoms with Gasteiger partial charge in [0.1, 0.15) is 0 Å². The topological polar surface area (TPSA) is 12.0 Å². The summed E-state index contributed by atoms with van der Waals surface area (Å²) in [5.41, 5.74) is 2.87. The molecule has 0 amide bonds. The van der Waals surface area contributed by atoms with Gasteiger partial charge in [0.15, 0.2) is 0 Å². The number of thiophene rings is 1. The summed E-state index contributed by atoms with van der Waals surface area (Å²) >= 11 is 1.85. The van der Waals surface area contributed by atoms with Gasteiger partial charge in [-0.3, -0.25) is 0 Å². The molecule has 0 radical (unpaired) electrons. The van der Waals surface area contributed by atoms with Crippen molar-refractivity contribution in [2.45, 2.75) is 39.2 Å². The first kappa shape index (κ1) is 14.3. The molecule has 0 saturated carbocycles. The summed E-state index contributed by atoms with van der Waals surface area (Å²) in [6.07, 6.45) is 3.47. The maximum absolute atomic E-state index is 3.61. The van der Waals surface area contributed by atoms with Crippen molar-refractivity contribution < 1.29 is 0 Å². The van der Waals surface area contributed by atoms with Gasteiger partial charge >= 0.3 is 0 Å². The Morgan fingerprint density at radius 1 is 1.16 bits per heavy atom. The molecule has 0 saturated heterocycles. The fraction of sp³-hybridized carbons (Fsp3) is 0.412. The van der Waals surface area contributed by atoms with Crippen LogP contribution in [0.5, 0.6) is 0 Å². The Morgan fingerprint density at radius 3 is 2.74 bits per heavy atom. The van der Waals surface area contributed by atoms with Gasteiger partial charge in [-0.15, -0.1) is 11.3 Å². The molecule has 1 unspecified atom stereocenters. The molecule has 0 aliphatic rings. The van der Waals surface area contributed by atoms with Crippen molar-refractivity contribution in [3.63, 3.8) is 0 Å². The first-order chi connectivity index (χ1) is 9.33. The van der Waals surface area contributed by atoms with Crippen LogP contribution < -0.4 is 5.32 Å². The molecule has 1 aromatic heterocycles. The molecular formula is C17H23NS. The predicted octanol–water partition coefficient (Wildman–Crippen LogP) is 4.59. The van der Waals surface area contributed by atoms with E-state index in [1.54, 1.807) is 0 Å². The average molecular weight is 273 g/mol. The van der Waals surface area contributed by atoms with Crippen molar-refractivity contribution in [3.8, 4) is 0 Å². The van der Waals surface area contributed by atoms with E-state index in [2.05, 4.69) is 60.9 Å². The fourth-order valence-electron chi connectivity index (χ4n) is 2.44. The van der Waals surface area contributed by atoms with Crippen LogP contribution in [0.3, 0.4) is 0 Å². The fourth-order valence-corrected chi connectivity index (χ4v) is 3.19. The quantitative estimate of drug-likeness (QED) is 0.777. The second-order valence-corrected chi connectivity index (χ2v) is 5.92. The minimum atomic E-state index is 0.431. The van der Waals surface area contributed by atoms with Crippen LogP contribution in [0.25, 0.3) is 0 Å². The van der Waals surface area contributed by atoms with E-state index in [0.29, 0.717) is 6.04 Å². The van der Waals surface area contributed by atoms with E-state index in [0.717, 1.165) is 13.0 Å². The zero-order valence-electron chi connectivity index (χ0n) is 11.9. The summed E-state index contributed by atoms with van der Waals surface area (Å²) in [5.74, 6) is 0. The summed E-state index contributed by atoms with van der Waals surface area (Å²) < 4.78 is 0. The van der Waals surface area contributed by atoms with Crippen LogP contribution in [0.1, 0.15) is 42.3 Å². The van der Waals surface area contributed by atoms with Crippen LogP contribution in [0.4, 0.5) is 0 Å². The molecule has 1 aromatic carbocycles. The van der Waals surface area contributed by atoms with Crippen LogP contribution >= 0.6 is 11.3 Å². The third-order valence-electron chi connectivity index (χ3n) is 3.33. The third-order valence-corrected chi connectivity index (χ3v) is 4.23. The molecule has 0 aliphatic carbocycles. The van der Waals surface area contributed by atoms with E-state index in [9.17, 15) is 0 Å². The molecule has 2 rings (SSSR count). The highest BCUT2D eigenvalue weighted by molar-refractivity contribution is 7.09. The maximum Gasteiger partial charge on any atom is 0.0368 e. The van der Waals surface area contributed by atoms with E-state index in [1.165, 1.54) is 28.8 Å². The smallest absolute Gasteiger partial charge is 0.0368 e. The lowest BCUT2D eigenvalue weighted by molar-refractivity contribution is 0.553. The van der Waals surface area contributed by atoms with Crippen molar-refractivity contribution >= 4 is 11.3 Å². The predicted molar refractivity (Wildman–Crippen MR) is 84.9 cm³/mol. The minimum Gasteiger partial charge on any atom is -0.310 e. The largest absolute Gasteiger partial charge is 0.310 e. The monoisotopic (exact) mass is 273 g/mol. The van der Waals surface area contributed by atoms with E-state index >= 15 is 0 Å². The summed E-state index contributed by atoms with van der Waals surface area (Å²) in [6, 6.07) is 13.8. The van der Waals surface area contributed by atoms with Crippen LogP contribution in [-0.2, 0) is 12.8 Å². The van der Waals surface area contributed by atoms with Crippen LogP contribution in [-0.4, -0.2) is 6.54 Å². The van der Waals surface area contributed by atoms with E-state index in [1.807, 2.05) is 11.3 Å². The number of nitrogens with one attached hydrogen (secondary N) is 1. The number of likely N-dealkylation sites (N-methyl/N-ethyl adjacent to an activating group) is 1. The lowest BCUT2D eigenvalue weighted by Crippen LogP contribution is -2.22. The van der Waals surface area contributed by atoms with Gasteiger partial charge in [0, 0.05) is 17.3 Å². The van der Waals surface area contributed by atoms with Gasteiger partial charge < -0.3 is 5.32 Å². The molecule has 0 fully saturated rings. The number of aryl methyl sites for hydroxylation is 1. The zero-order valence-corrected chi connectivity index (χ0v) is 12.7. The number of hydrogen-bond donors (Lipinski definition) is 1. The molecular weight excluding hydrogens is 250 g/mol. The summed E-state index contributed by atoms with van der Waals surface area (Å²) in [6.45, 7) is 5.42. The average Bonchev–Trinajstić information content (AvgIpc) is 2.92. The van der Waals surface area contributed by atoms with E-state index < -0.39 is 0 Å². The second kappa shape index (κ2) is 7.46. The summed E-state index contributed by atoms with van der Waals surface area (Å²) in [7, 11) is 0.